The molecule has 1 atom stereocenters. The van der Waals surface area contributed by atoms with Crippen LogP contribution >= 0.6 is 0 Å². The van der Waals surface area contributed by atoms with Gasteiger partial charge < -0.3 is 4.74 Å². The number of halogens is 1. The van der Waals surface area contributed by atoms with E-state index in [0.717, 1.165) is 18.4 Å². The molecule has 1 aromatic rings. The smallest absolute Gasteiger partial charge is 0.146 e. The highest BCUT2D eigenvalue weighted by Crippen LogP contribution is 2.26. The van der Waals surface area contributed by atoms with Gasteiger partial charge in [0.25, 0.3) is 0 Å². The van der Waals surface area contributed by atoms with Crippen LogP contribution in [0.25, 0.3) is 0 Å². The highest BCUT2D eigenvalue weighted by atomic mass is 19.1. The second-order valence-electron chi connectivity index (χ2n) is 3.64. The fourth-order valence-corrected chi connectivity index (χ4v) is 1.77. The third kappa shape index (κ3) is 2.20. The zero-order valence-corrected chi connectivity index (χ0v) is 8.82. The lowest BCUT2D eigenvalue weighted by molar-refractivity contribution is 0.219. The number of pyridine rings is 1. The average Bonchev–Trinajstić information content (AvgIpc) is 2.34. The minimum absolute atomic E-state index is 0.307. The number of hydrogen-bond donors (Lipinski definition) is 2. The van der Waals surface area contributed by atoms with Crippen LogP contribution in [-0.2, 0) is 4.74 Å². The van der Waals surface area contributed by atoms with Gasteiger partial charge in [-0.1, -0.05) is 0 Å². The normalized spacial score (nSPS) is 17.5. The molecule has 0 amide bonds. The van der Waals surface area contributed by atoms with Gasteiger partial charge in [0.2, 0.25) is 0 Å². The van der Waals surface area contributed by atoms with Crippen molar-refractivity contribution in [2.75, 3.05) is 6.61 Å². The summed E-state index contributed by atoms with van der Waals surface area (Å²) in [7, 11) is 0. The second-order valence-corrected chi connectivity index (χ2v) is 3.64. The molecule has 0 saturated heterocycles. The van der Waals surface area contributed by atoms with Crippen LogP contribution in [0.5, 0.6) is 0 Å². The summed E-state index contributed by atoms with van der Waals surface area (Å²) in [5, 5.41) is 0. The van der Waals surface area contributed by atoms with Crippen molar-refractivity contribution in [1.29, 1.82) is 0 Å². The van der Waals surface area contributed by atoms with Gasteiger partial charge >= 0.3 is 0 Å². The molecule has 5 heteroatoms. The quantitative estimate of drug-likeness (QED) is 0.601. The molecule has 16 heavy (non-hydrogen) atoms. The Morgan fingerprint density at radius 1 is 1.56 bits per heavy atom. The Morgan fingerprint density at radius 3 is 3.06 bits per heavy atom. The van der Waals surface area contributed by atoms with E-state index in [9.17, 15) is 4.39 Å². The number of hydrazine groups is 1. The summed E-state index contributed by atoms with van der Waals surface area (Å²) in [4.78, 5) is 4.01. The van der Waals surface area contributed by atoms with E-state index in [0.29, 0.717) is 12.3 Å². The zero-order chi connectivity index (χ0) is 11.4. The summed E-state index contributed by atoms with van der Waals surface area (Å²) in [5.41, 5.74) is 3.81. The lowest BCUT2D eigenvalue weighted by atomic mass is 9.99. The number of ether oxygens (including phenoxy) is 1. The van der Waals surface area contributed by atoms with Crippen LogP contribution in [0, 0.1) is 5.82 Å². The fraction of sp³-hybridized carbons (Fsp3) is 0.364. The number of rotatable bonds is 3. The number of nitrogens with two attached hydrogens (primary N) is 1. The Balaban J connectivity index is 2.28. The summed E-state index contributed by atoms with van der Waals surface area (Å²) >= 11 is 0. The average molecular weight is 223 g/mol. The molecule has 1 aromatic heterocycles. The van der Waals surface area contributed by atoms with E-state index in [1.807, 2.05) is 0 Å². The van der Waals surface area contributed by atoms with E-state index in [1.54, 1.807) is 18.5 Å². The van der Waals surface area contributed by atoms with Crippen LogP contribution in [0.3, 0.4) is 0 Å². The van der Waals surface area contributed by atoms with Crippen LogP contribution in [-0.4, -0.2) is 11.6 Å². The van der Waals surface area contributed by atoms with Crippen molar-refractivity contribution in [2.24, 2.45) is 5.84 Å². The lowest BCUT2D eigenvalue weighted by Crippen LogP contribution is -2.31. The first kappa shape index (κ1) is 11.0. The summed E-state index contributed by atoms with van der Waals surface area (Å²) in [6.45, 7) is 0.700. The minimum atomic E-state index is -0.415. The molecule has 4 nitrogen and oxygen atoms in total. The number of aromatic nitrogens is 1. The van der Waals surface area contributed by atoms with E-state index < -0.39 is 6.04 Å². The second kappa shape index (κ2) is 5.05. The number of nitrogens with zero attached hydrogens (tertiary/aromatic N) is 1. The van der Waals surface area contributed by atoms with Crippen LogP contribution < -0.4 is 11.3 Å². The highest BCUT2D eigenvalue weighted by Gasteiger charge is 2.21. The molecule has 1 aliphatic heterocycles. The van der Waals surface area contributed by atoms with Gasteiger partial charge in [-0.3, -0.25) is 10.8 Å². The van der Waals surface area contributed by atoms with E-state index in [2.05, 4.69) is 10.4 Å². The molecule has 0 aromatic carbocycles. The largest absolute Gasteiger partial charge is 0.501 e. The van der Waals surface area contributed by atoms with E-state index in [4.69, 9.17) is 10.6 Å². The Kier molecular flexibility index (Phi) is 3.48. The van der Waals surface area contributed by atoms with E-state index in [1.165, 1.54) is 6.07 Å². The molecule has 86 valence electrons. The van der Waals surface area contributed by atoms with Crippen molar-refractivity contribution in [3.8, 4) is 0 Å². The molecule has 3 N–H and O–H groups in total. The summed E-state index contributed by atoms with van der Waals surface area (Å²) in [6, 6.07) is 2.51. The molecule has 2 heterocycles. The van der Waals surface area contributed by atoms with Gasteiger partial charge in [-0.2, -0.15) is 0 Å². The molecular formula is C11H14FN3O. The van der Waals surface area contributed by atoms with Crippen LogP contribution in [0.15, 0.2) is 30.2 Å². The first-order chi connectivity index (χ1) is 7.83. The van der Waals surface area contributed by atoms with E-state index >= 15 is 0 Å². The first-order valence-corrected chi connectivity index (χ1v) is 5.20. The molecule has 1 unspecified atom stereocenters. The van der Waals surface area contributed by atoms with Crippen LogP contribution in [0.4, 0.5) is 4.39 Å². The molecule has 1 aliphatic rings. The van der Waals surface area contributed by atoms with Gasteiger partial charge in [0.1, 0.15) is 5.82 Å². The first-order valence-electron chi connectivity index (χ1n) is 5.20. The van der Waals surface area contributed by atoms with Gasteiger partial charge in [0.15, 0.2) is 0 Å². The van der Waals surface area contributed by atoms with Gasteiger partial charge in [-0.05, 0) is 30.5 Å². The zero-order valence-electron chi connectivity index (χ0n) is 8.82. The predicted octanol–water partition coefficient (Wildman–Crippen LogP) is 1.42. The molecule has 2 rings (SSSR count). The topological polar surface area (TPSA) is 60.2 Å². The lowest BCUT2D eigenvalue weighted by Gasteiger charge is -2.22. The third-order valence-electron chi connectivity index (χ3n) is 2.56. The standard InChI is InChI=1S/C11H14FN3O/c12-9-4-1-5-14-11(9)10(15-13)8-3-2-6-16-7-8/h1,4-5,7,10,15H,2-3,6,13H2. The SMILES string of the molecule is NNC(C1=COCCC1)c1ncccc1F. The molecule has 0 radical (unpaired) electrons. The monoisotopic (exact) mass is 223 g/mol. The van der Waals surface area contributed by atoms with Crippen molar-refractivity contribution in [2.45, 2.75) is 18.9 Å². The van der Waals surface area contributed by atoms with Gasteiger partial charge in [0, 0.05) is 6.20 Å². The number of nitrogens with one attached hydrogen (secondary N) is 1. The van der Waals surface area contributed by atoms with Crippen molar-refractivity contribution >= 4 is 0 Å². The molecule has 0 aliphatic carbocycles. The van der Waals surface area contributed by atoms with Gasteiger partial charge in [-0.15, -0.1) is 0 Å². The Bertz CT molecular complexity index is 395. The summed E-state index contributed by atoms with van der Waals surface area (Å²) in [5.74, 6) is 5.09. The maximum Gasteiger partial charge on any atom is 0.146 e. The highest BCUT2D eigenvalue weighted by molar-refractivity contribution is 5.23. The van der Waals surface area contributed by atoms with Crippen LogP contribution in [0.1, 0.15) is 24.6 Å². The Morgan fingerprint density at radius 2 is 2.44 bits per heavy atom. The summed E-state index contributed by atoms with van der Waals surface area (Å²) in [6.07, 6.45) is 4.94. The number of hydrogen-bond acceptors (Lipinski definition) is 4. The van der Waals surface area contributed by atoms with Gasteiger partial charge in [0.05, 0.1) is 24.6 Å². The molecule has 0 fully saturated rings. The minimum Gasteiger partial charge on any atom is -0.501 e. The maximum absolute atomic E-state index is 13.6. The van der Waals surface area contributed by atoms with Crippen molar-refractivity contribution in [3.05, 3.63) is 41.7 Å². The van der Waals surface area contributed by atoms with Crippen molar-refractivity contribution < 1.29 is 9.13 Å². The van der Waals surface area contributed by atoms with Crippen LogP contribution in [0.2, 0.25) is 0 Å². The molecule has 0 spiro atoms. The molecule has 0 bridgehead atoms. The molecular weight excluding hydrogens is 209 g/mol. The summed E-state index contributed by atoms with van der Waals surface area (Å²) < 4.78 is 18.8. The molecule has 0 saturated carbocycles. The fourth-order valence-electron chi connectivity index (χ4n) is 1.77. The van der Waals surface area contributed by atoms with Gasteiger partial charge in [-0.25, -0.2) is 9.82 Å². The van der Waals surface area contributed by atoms with Crippen molar-refractivity contribution in [1.82, 2.24) is 10.4 Å². The predicted molar refractivity (Wildman–Crippen MR) is 57.5 cm³/mol. The maximum atomic E-state index is 13.6. The van der Waals surface area contributed by atoms with Crippen molar-refractivity contribution in [3.63, 3.8) is 0 Å². The van der Waals surface area contributed by atoms with E-state index in [-0.39, 0.29) is 5.82 Å². The Hall–Kier alpha value is -1.46. The third-order valence-corrected chi connectivity index (χ3v) is 2.56. The Labute approximate surface area is 93.3 Å².